The Labute approximate surface area is 142 Å². The third-order valence-corrected chi connectivity index (χ3v) is 4.83. The first-order valence-electron chi connectivity index (χ1n) is 8.74. The first-order valence-corrected chi connectivity index (χ1v) is 8.74. The van der Waals surface area contributed by atoms with E-state index >= 15 is 0 Å². The molecule has 4 nitrogen and oxygen atoms in total. The molecule has 3 rings (SSSR count). The molecule has 1 aliphatic carbocycles. The maximum absolute atomic E-state index is 12.4. The molecule has 126 valence electrons. The normalized spacial score (nSPS) is 16.0. The molecule has 0 bridgehead atoms. The van der Waals surface area contributed by atoms with Gasteiger partial charge in [0.05, 0.1) is 6.04 Å². The van der Waals surface area contributed by atoms with Gasteiger partial charge in [-0.3, -0.25) is 9.59 Å². The van der Waals surface area contributed by atoms with Crippen LogP contribution in [0, 0.1) is 5.92 Å². The van der Waals surface area contributed by atoms with E-state index in [4.69, 9.17) is 0 Å². The molecule has 1 saturated carbocycles. The molecule has 1 N–H and O–H groups in total. The van der Waals surface area contributed by atoms with Gasteiger partial charge in [-0.2, -0.15) is 0 Å². The van der Waals surface area contributed by atoms with Crippen LogP contribution in [0.4, 0.5) is 0 Å². The van der Waals surface area contributed by atoms with E-state index in [1.165, 1.54) is 24.5 Å². The summed E-state index contributed by atoms with van der Waals surface area (Å²) in [5.74, 6) is 0.516. The van der Waals surface area contributed by atoms with Crippen molar-refractivity contribution in [2.45, 2.75) is 44.7 Å². The fourth-order valence-electron chi connectivity index (χ4n) is 3.54. The highest BCUT2D eigenvalue weighted by atomic mass is 16.2. The van der Waals surface area contributed by atoms with Gasteiger partial charge in [0.15, 0.2) is 0 Å². The SMILES string of the molecule is O=C(CCn1ccccc1=O)NC(c1ccccc1)C1CCCC1. The fraction of sp³-hybridized carbons (Fsp3) is 0.400. The highest BCUT2D eigenvalue weighted by molar-refractivity contribution is 5.76. The van der Waals surface area contributed by atoms with E-state index in [0.717, 1.165) is 12.8 Å². The average molecular weight is 324 g/mol. The van der Waals surface area contributed by atoms with Gasteiger partial charge in [-0.1, -0.05) is 49.2 Å². The average Bonchev–Trinajstić information content (AvgIpc) is 3.14. The first-order chi connectivity index (χ1) is 11.7. The van der Waals surface area contributed by atoms with Gasteiger partial charge in [0, 0.05) is 25.2 Å². The Morgan fingerprint density at radius 3 is 2.50 bits per heavy atom. The van der Waals surface area contributed by atoms with Crippen molar-refractivity contribution < 1.29 is 4.79 Å². The summed E-state index contributed by atoms with van der Waals surface area (Å²) in [7, 11) is 0. The number of aromatic nitrogens is 1. The van der Waals surface area contributed by atoms with Crippen molar-refractivity contribution in [3.05, 3.63) is 70.6 Å². The van der Waals surface area contributed by atoms with E-state index in [9.17, 15) is 9.59 Å². The lowest BCUT2D eigenvalue weighted by Gasteiger charge is -2.25. The summed E-state index contributed by atoms with van der Waals surface area (Å²) >= 11 is 0. The van der Waals surface area contributed by atoms with Crippen LogP contribution >= 0.6 is 0 Å². The minimum Gasteiger partial charge on any atom is -0.349 e. The molecular formula is C20H24N2O2. The van der Waals surface area contributed by atoms with Crippen molar-refractivity contribution >= 4 is 5.91 Å². The molecule has 1 unspecified atom stereocenters. The number of rotatable bonds is 6. The molecule has 0 radical (unpaired) electrons. The zero-order valence-electron chi connectivity index (χ0n) is 13.9. The van der Waals surface area contributed by atoms with Gasteiger partial charge in [0.1, 0.15) is 0 Å². The van der Waals surface area contributed by atoms with Crippen LogP contribution in [0.1, 0.15) is 43.7 Å². The van der Waals surface area contributed by atoms with Crippen molar-refractivity contribution in [2.75, 3.05) is 0 Å². The molecule has 1 aliphatic rings. The molecule has 1 aromatic heterocycles. The Morgan fingerprint density at radius 2 is 1.79 bits per heavy atom. The number of nitrogens with zero attached hydrogens (tertiary/aromatic N) is 1. The quantitative estimate of drug-likeness (QED) is 0.886. The summed E-state index contributed by atoms with van der Waals surface area (Å²) in [6.45, 7) is 0.414. The molecular weight excluding hydrogens is 300 g/mol. The van der Waals surface area contributed by atoms with Crippen molar-refractivity contribution in [3.63, 3.8) is 0 Å². The molecule has 1 aromatic carbocycles. The van der Waals surface area contributed by atoms with Crippen molar-refractivity contribution in [3.8, 4) is 0 Å². The van der Waals surface area contributed by atoms with E-state index in [1.54, 1.807) is 16.8 Å². The lowest BCUT2D eigenvalue weighted by molar-refractivity contribution is -0.122. The van der Waals surface area contributed by atoms with Crippen LogP contribution in [0.25, 0.3) is 0 Å². The molecule has 2 aromatic rings. The first kappa shape index (κ1) is 16.5. The predicted molar refractivity (Wildman–Crippen MR) is 94.6 cm³/mol. The number of benzene rings is 1. The molecule has 1 heterocycles. The molecule has 4 heteroatoms. The molecule has 1 amide bonds. The summed E-state index contributed by atoms with van der Waals surface area (Å²) in [5.41, 5.74) is 1.11. The van der Waals surface area contributed by atoms with Crippen molar-refractivity contribution in [2.24, 2.45) is 5.92 Å². The predicted octanol–water partition coefficient (Wildman–Crippen LogP) is 3.29. The van der Waals surface area contributed by atoms with E-state index in [1.807, 2.05) is 24.3 Å². The Bertz CT molecular complexity index is 718. The van der Waals surface area contributed by atoms with Gasteiger partial charge in [-0.05, 0) is 30.4 Å². The Kier molecular flexibility index (Phi) is 5.47. The lowest BCUT2D eigenvalue weighted by atomic mass is 9.91. The van der Waals surface area contributed by atoms with Crippen LogP contribution in [-0.4, -0.2) is 10.5 Å². The molecule has 1 atom stereocenters. The van der Waals surface area contributed by atoms with Gasteiger partial charge in [-0.25, -0.2) is 0 Å². The zero-order chi connectivity index (χ0) is 16.8. The Hall–Kier alpha value is -2.36. The fourth-order valence-corrected chi connectivity index (χ4v) is 3.54. The topological polar surface area (TPSA) is 51.1 Å². The zero-order valence-corrected chi connectivity index (χ0v) is 13.9. The van der Waals surface area contributed by atoms with Gasteiger partial charge < -0.3 is 9.88 Å². The number of nitrogens with one attached hydrogen (secondary N) is 1. The van der Waals surface area contributed by atoms with Gasteiger partial charge in [0.2, 0.25) is 5.91 Å². The van der Waals surface area contributed by atoms with Crippen LogP contribution in [-0.2, 0) is 11.3 Å². The van der Waals surface area contributed by atoms with Crippen LogP contribution in [0.2, 0.25) is 0 Å². The number of carbonyl (C=O) groups is 1. The van der Waals surface area contributed by atoms with E-state index in [-0.39, 0.29) is 17.5 Å². The minimum atomic E-state index is -0.0688. The number of carbonyl (C=O) groups excluding carboxylic acids is 1. The van der Waals surface area contributed by atoms with Crippen molar-refractivity contribution in [1.82, 2.24) is 9.88 Å². The minimum absolute atomic E-state index is 0.00602. The summed E-state index contributed by atoms with van der Waals surface area (Å²) in [4.78, 5) is 24.2. The maximum atomic E-state index is 12.4. The number of hydrogen-bond donors (Lipinski definition) is 1. The maximum Gasteiger partial charge on any atom is 0.250 e. The number of amides is 1. The van der Waals surface area contributed by atoms with Crippen LogP contribution < -0.4 is 10.9 Å². The Morgan fingerprint density at radius 1 is 1.08 bits per heavy atom. The number of aryl methyl sites for hydroxylation is 1. The summed E-state index contributed by atoms with van der Waals surface area (Å²) in [5, 5.41) is 3.21. The second-order valence-electron chi connectivity index (χ2n) is 6.48. The molecule has 0 spiro atoms. The lowest BCUT2D eigenvalue weighted by Crippen LogP contribution is -2.33. The largest absolute Gasteiger partial charge is 0.349 e. The third kappa shape index (κ3) is 4.13. The van der Waals surface area contributed by atoms with Crippen LogP contribution in [0.5, 0.6) is 0 Å². The van der Waals surface area contributed by atoms with Crippen LogP contribution in [0.15, 0.2) is 59.5 Å². The smallest absolute Gasteiger partial charge is 0.250 e. The van der Waals surface area contributed by atoms with E-state index in [0.29, 0.717) is 18.9 Å². The second-order valence-corrected chi connectivity index (χ2v) is 6.48. The monoisotopic (exact) mass is 324 g/mol. The number of pyridine rings is 1. The summed E-state index contributed by atoms with van der Waals surface area (Å²) < 4.78 is 1.58. The summed E-state index contributed by atoms with van der Waals surface area (Å²) in [6, 6.07) is 15.3. The molecule has 24 heavy (non-hydrogen) atoms. The van der Waals surface area contributed by atoms with Gasteiger partial charge in [0.25, 0.3) is 5.56 Å². The van der Waals surface area contributed by atoms with Gasteiger partial charge >= 0.3 is 0 Å². The van der Waals surface area contributed by atoms with Crippen LogP contribution in [0.3, 0.4) is 0 Å². The molecule has 0 saturated heterocycles. The number of hydrogen-bond acceptors (Lipinski definition) is 2. The highest BCUT2D eigenvalue weighted by Crippen LogP contribution is 2.35. The van der Waals surface area contributed by atoms with E-state index in [2.05, 4.69) is 17.4 Å². The standard InChI is InChI=1S/C20H24N2O2/c23-18(13-15-22-14-7-6-12-19(22)24)21-20(17-10-4-5-11-17)16-8-2-1-3-9-16/h1-3,6-9,12,14,17,20H,4-5,10-11,13,15H2,(H,21,23). The second kappa shape index (κ2) is 7.95. The molecule has 1 fully saturated rings. The van der Waals surface area contributed by atoms with Crippen molar-refractivity contribution in [1.29, 1.82) is 0 Å². The third-order valence-electron chi connectivity index (χ3n) is 4.83. The molecule has 0 aliphatic heterocycles. The highest BCUT2D eigenvalue weighted by Gasteiger charge is 2.27. The summed E-state index contributed by atoms with van der Waals surface area (Å²) in [6.07, 6.45) is 6.85. The Balaban J connectivity index is 1.65. The van der Waals surface area contributed by atoms with Gasteiger partial charge in [-0.15, -0.1) is 0 Å². The van der Waals surface area contributed by atoms with E-state index < -0.39 is 0 Å².